The van der Waals surface area contributed by atoms with Crippen LogP contribution in [0.15, 0.2) is 42.5 Å². The molecule has 0 saturated carbocycles. The van der Waals surface area contributed by atoms with Crippen molar-refractivity contribution in [2.75, 3.05) is 37.8 Å². The van der Waals surface area contributed by atoms with Crippen molar-refractivity contribution in [3.8, 4) is 0 Å². The highest BCUT2D eigenvalue weighted by Gasteiger charge is 2.19. The second-order valence-corrected chi connectivity index (χ2v) is 6.52. The van der Waals surface area contributed by atoms with Gasteiger partial charge in [-0.15, -0.1) is 0 Å². The molecular weight excluding hydrogens is 385 g/mol. The van der Waals surface area contributed by atoms with Crippen molar-refractivity contribution >= 4 is 17.7 Å². The van der Waals surface area contributed by atoms with Gasteiger partial charge in [0.05, 0.1) is 31.5 Å². The Hall–Kier alpha value is -2.84. The number of benzene rings is 2. The fourth-order valence-corrected chi connectivity index (χ4v) is 3.08. The molecule has 29 heavy (non-hydrogen) atoms. The predicted octanol–water partition coefficient (Wildman–Crippen LogP) is 2.80. The van der Waals surface area contributed by atoms with Gasteiger partial charge in [0.1, 0.15) is 17.5 Å². The van der Waals surface area contributed by atoms with E-state index in [9.17, 15) is 23.1 Å². The Bertz CT molecular complexity index is 878. The molecular formula is C21H21F3N2O3. The predicted molar refractivity (Wildman–Crippen MR) is 103 cm³/mol. The van der Waals surface area contributed by atoms with Gasteiger partial charge in [-0.2, -0.15) is 0 Å². The summed E-state index contributed by atoms with van der Waals surface area (Å²) in [5.74, 6) is -2.64. The van der Waals surface area contributed by atoms with Gasteiger partial charge in [0.25, 0.3) is 0 Å². The minimum atomic E-state index is -0.807. The first-order chi connectivity index (χ1) is 14.0. The third kappa shape index (κ3) is 5.16. The van der Waals surface area contributed by atoms with Crippen LogP contribution in [0.3, 0.4) is 0 Å². The van der Waals surface area contributed by atoms with Gasteiger partial charge >= 0.3 is 0 Å². The van der Waals surface area contributed by atoms with Gasteiger partial charge in [0.2, 0.25) is 5.91 Å². The van der Waals surface area contributed by atoms with Gasteiger partial charge < -0.3 is 20.1 Å². The number of rotatable bonds is 6. The molecule has 1 aliphatic heterocycles. The van der Waals surface area contributed by atoms with E-state index in [2.05, 4.69) is 5.32 Å². The Labute approximate surface area is 166 Å². The second-order valence-electron chi connectivity index (χ2n) is 6.52. The molecule has 0 aromatic heterocycles. The van der Waals surface area contributed by atoms with Crippen LogP contribution in [0.25, 0.3) is 6.08 Å². The minimum Gasteiger partial charge on any atom is -0.394 e. The summed E-state index contributed by atoms with van der Waals surface area (Å²) in [5.41, 5.74) is 0.538. The van der Waals surface area contributed by atoms with Gasteiger partial charge in [-0.25, -0.2) is 13.2 Å². The fraction of sp³-hybridized carbons (Fsp3) is 0.286. The lowest BCUT2D eigenvalue weighted by Gasteiger charge is -2.30. The summed E-state index contributed by atoms with van der Waals surface area (Å²) < 4.78 is 46.8. The first kappa shape index (κ1) is 20.9. The number of anilines is 1. The molecule has 1 atom stereocenters. The number of carbonyl (C=O) groups is 1. The van der Waals surface area contributed by atoms with Gasteiger partial charge in [-0.05, 0) is 35.9 Å². The summed E-state index contributed by atoms with van der Waals surface area (Å²) in [7, 11) is 0. The van der Waals surface area contributed by atoms with Crippen LogP contribution in [0.2, 0.25) is 0 Å². The molecule has 2 aromatic carbocycles. The van der Waals surface area contributed by atoms with E-state index in [4.69, 9.17) is 4.74 Å². The molecule has 3 rings (SSSR count). The molecule has 1 fully saturated rings. The minimum absolute atomic E-state index is 0.334. The van der Waals surface area contributed by atoms with Crippen molar-refractivity contribution in [2.24, 2.45) is 0 Å². The number of hydrogen-bond acceptors (Lipinski definition) is 4. The molecule has 1 amide bonds. The van der Waals surface area contributed by atoms with Crippen LogP contribution >= 0.6 is 0 Å². The Morgan fingerprint density at radius 3 is 2.48 bits per heavy atom. The maximum atomic E-state index is 14.3. The van der Waals surface area contributed by atoms with Gasteiger partial charge in [0.15, 0.2) is 0 Å². The van der Waals surface area contributed by atoms with Crippen LogP contribution in [0.5, 0.6) is 0 Å². The van der Waals surface area contributed by atoms with Gasteiger partial charge in [-0.3, -0.25) is 4.79 Å². The highest BCUT2D eigenvalue weighted by molar-refractivity contribution is 5.92. The Kier molecular flexibility index (Phi) is 6.90. The number of ether oxygens (including phenoxy) is 1. The zero-order valence-corrected chi connectivity index (χ0v) is 15.6. The van der Waals surface area contributed by atoms with E-state index < -0.39 is 36.0 Å². The van der Waals surface area contributed by atoms with Crippen molar-refractivity contribution < 1.29 is 27.8 Å². The van der Waals surface area contributed by atoms with Crippen LogP contribution in [0.4, 0.5) is 18.9 Å². The molecule has 154 valence electrons. The summed E-state index contributed by atoms with van der Waals surface area (Å²) in [6.45, 7) is 1.62. The molecule has 0 bridgehead atoms. The maximum Gasteiger partial charge on any atom is 0.244 e. The molecule has 1 heterocycles. The molecule has 0 aliphatic carbocycles. The normalized spacial score (nSPS) is 15.5. The molecule has 2 N–H and O–H groups in total. The summed E-state index contributed by atoms with van der Waals surface area (Å²) in [4.78, 5) is 14.0. The van der Waals surface area contributed by atoms with E-state index in [0.29, 0.717) is 37.6 Å². The zero-order chi connectivity index (χ0) is 20.8. The molecule has 0 spiro atoms. The summed E-state index contributed by atoms with van der Waals surface area (Å²) in [5, 5.41) is 12.2. The van der Waals surface area contributed by atoms with Crippen molar-refractivity contribution in [2.45, 2.75) is 6.04 Å². The summed E-state index contributed by atoms with van der Waals surface area (Å²) >= 11 is 0. The summed E-state index contributed by atoms with van der Waals surface area (Å²) in [6, 6.07) is 6.91. The van der Waals surface area contributed by atoms with Crippen LogP contribution in [-0.4, -0.2) is 43.9 Å². The number of nitrogens with one attached hydrogen (secondary N) is 1. The van der Waals surface area contributed by atoms with Crippen LogP contribution in [-0.2, 0) is 9.53 Å². The van der Waals surface area contributed by atoms with E-state index in [0.717, 1.165) is 24.3 Å². The highest BCUT2D eigenvalue weighted by Crippen LogP contribution is 2.25. The lowest BCUT2D eigenvalue weighted by Crippen LogP contribution is -2.37. The second kappa shape index (κ2) is 9.58. The number of carbonyl (C=O) groups excluding carboxylic acids is 1. The van der Waals surface area contributed by atoms with Crippen LogP contribution in [0.1, 0.15) is 17.2 Å². The van der Waals surface area contributed by atoms with E-state index in [-0.39, 0.29) is 5.56 Å². The summed E-state index contributed by atoms with van der Waals surface area (Å²) in [6.07, 6.45) is 2.01. The van der Waals surface area contributed by atoms with Crippen molar-refractivity contribution in [1.82, 2.24) is 5.32 Å². The molecule has 2 aromatic rings. The average Bonchev–Trinajstić information content (AvgIpc) is 2.73. The standard InChI is InChI=1S/C21H21F3N2O3/c22-16-2-1-3-17(23)15(16)5-7-21(28)25-19(13-27)14-4-6-18(24)20(12-14)26-8-10-29-11-9-26/h1-7,12,19,27H,8-11,13H2,(H,25,28)/b7-5+. The Balaban J connectivity index is 1.74. The zero-order valence-electron chi connectivity index (χ0n) is 15.6. The number of aliphatic hydroxyl groups excluding tert-OH is 1. The van der Waals surface area contributed by atoms with Crippen LogP contribution in [0, 0.1) is 17.5 Å². The number of nitrogens with zero attached hydrogens (tertiary/aromatic N) is 1. The molecule has 8 heteroatoms. The highest BCUT2D eigenvalue weighted by atomic mass is 19.1. The number of halogens is 3. The SMILES string of the molecule is O=C(/C=C/c1c(F)cccc1F)NC(CO)c1ccc(F)c(N2CCOCC2)c1. The lowest BCUT2D eigenvalue weighted by molar-refractivity contribution is -0.117. The molecule has 5 nitrogen and oxygen atoms in total. The first-order valence-electron chi connectivity index (χ1n) is 9.15. The van der Waals surface area contributed by atoms with Crippen molar-refractivity contribution in [3.05, 3.63) is 71.1 Å². The monoisotopic (exact) mass is 406 g/mol. The fourth-order valence-electron chi connectivity index (χ4n) is 3.08. The number of morpholine rings is 1. The maximum absolute atomic E-state index is 14.3. The molecule has 1 saturated heterocycles. The smallest absolute Gasteiger partial charge is 0.244 e. The van der Waals surface area contributed by atoms with Gasteiger partial charge in [-0.1, -0.05) is 12.1 Å². The largest absolute Gasteiger partial charge is 0.394 e. The Morgan fingerprint density at radius 1 is 1.14 bits per heavy atom. The number of aliphatic hydroxyl groups is 1. The van der Waals surface area contributed by atoms with Crippen molar-refractivity contribution in [1.29, 1.82) is 0 Å². The van der Waals surface area contributed by atoms with Gasteiger partial charge in [0, 0.05) is 24.7 Å². The van der Waals surface area contributed by atoms with E-state index in [1.54, 1.807) is 6.07 Å². The number of amides is 1. The lowest BCUT2D eigenvalue weighted by atomic mass is 10.1. The van der Waals surface area contributed by atoms with E-state index in [1.165, 1.54) is 18.2 Å². The van der Waals surface area contributed by atoms with Crippen molar-refractivity contribution in [3.63, 3.8) is 0 Å². The molecule has 0 radical (unpaired) electrons. The van der Waals surface area contributed by atoms with Crippen LogP contribution < -0.4 is 10.2 Å². The quantitative estimate of drug-likeness (QED) is 0.725. The van der Waals surface area contributed by atoms with E-state index >= 15 is 0 Å². The average molecular weight is 406 g/mol. The Morgan fingerprint density at radius 2 is 1.83 bits per heavy atom. The third-order valence-electron chi connectivity index (χ3n) is 4.62. The van der Waals surface area contributed by atoms with E-state index in [1.807, 2.05) is 4.90 Å². The molecule has 1 unspecified atom stereocenters. The molecule has 1 aliphatic rings. The third-order valence-corrected chi connectivity index (χ3v) is 4.62. The first-order valence-corrected chi connectivity index (χ1v) is 9.15. The number of hydrogen-bond donors (Lipinski definition) is 2. The topological polar surface area (TPSA) is 61.8 Å².